The first kappa shape index (κ1) is 14.4. The summed E-state index contributed by atoms with van der Waals surface area (Å²) in [5.74, 6) is 0.872. The number of hydrogen-bond acceptors (Lipinski definition) is 3. The molecule has 4 nitrogen and oxygen atoms in total. The van der Waals surface area contributed by atoms with Crippen molar-refractivity contribution in [1.82, 2.24) is 4.90 Å². The molecule has 19 heavy (non-hydrogen) atoms. The monoisotopic (exact) mass is 302 g/mol. The molecule has 0 saturated carbocycles. The molecular weight excluding hydrogens is 287 g/mol. The molecule has 1 amide bonds. The van der Waals surface area contributed by atoms with Gasteiger partial charge >= 0.3 is 0 Å². The Morgan fingerprint density at radius 2 is 2.05 bits per heavy atom. The summed E-state index contributed by atoms with van der Waals surface area (Å²) in [6.45, 7) is 2.08. The molecule has 0 aliphatic carbocycles. The minimum absolute atomic E-state index is 0.00599. The molecule has 1 atom stereocenters. The standard InChI is InChI=1S/C13H16Cl2N2O2/c14-10-3-11(15)5-12(4-10)19-8-13(18)17-2-1-9(6-16)7-17/h3-5,9H,1-2,6-8,16H2/t9-/m0/s1. The molecule has 1 saturated heterocycles. The van der Waals surface area contributed by atoms with Crippen LogP contribution in [0.25, 0.3) is 0 Å². The topological polar surface area (TPSA) is 55.6 Å². The molecule has 1 aromatic carbocycles. The number of benzene rings is 1. The Bertz CT molecular complexity index is 448. The molecule has 1 aromatic rings. The van der Waals surface area contributed by atoms with Crippen LogP contribution in [0.1, 0.15) is 6.42 Å². The summed E-state index contributed by atoms with van der Waals surface area (Å²) in [6.07, 6.45) is 0.964. The van der Waals surface area contributed by atoms with Crippen LogP contribution >= 0.6 is 23.2 Å². The summed E-state index contributed by atoms with van der Waals surface area (Å²) >= 11 is 11.7. The SMILES string of the molecule is NC[C@@H]1CCN(C(=O)COc2cc(Cl)cc(Cl)c2)C1. The van der Waals surface area contributed by atoms with E-state index in [1.807, 2.05) is 0 Å². The minimum atomic E-state index is -0.0351. The average Bonchev–Trinajstić information content (AvgIpc) is 2.83. The zero-order chi connectivity index (χ0) is 13.8. The normalized spacial score (nSPS) is 18.7. The molecule has 0 spiro atoms. The van der Waals surface area contributed by atoms with Crippen molar-refractivity contribution in [2.45, 2.75) is 6.42 Å². The van der Waals surface area contributed by atoms with Crippen LogP contribution in [0.3, 0.4) is 0 Å². The predicted molar refractivity (Wildman–Crippen MR) is 75.7 cm³/mol. The Labute approximate surface area is 122 Å². The van der Waals surface area contributed by atoms with E-state index in [1.54, 1.807) is 23.1 Å². The van der Waals surface area contributed by atoms with Crippen molar-refractivity contribution in [3.63, 3.8) is 0 Å². The van der Waals surface area contributed by atoms with Gasteiger partial charge in [0.05, 0.1) is 0 Å². The summed E-state index contributed by atoms with van der Waals surface area (Å²) in [7, 11) is 0. The highest BCUT2D eigenvalue weighted by molar-refractivity contribution is 6.34. The molecule has 1 aliphatic heterocycles. The molecule has 104 valence electrons. The van der Waals surface area contributed by atoms with E-state index >= 15 is 0 Å². The highest BCUT2D eigenvalue weighted by Gasteiger charge is 2.25. The van der Waals surface area contributed by atoms with Crippen LogP contribution < -0.4 is 10.5 Å². The second kappa shape index (κ2) is 6.46. The molecule has 6 heteroatoms. The first-order valence-electron chi connectivity index (χ1n) is 6.15. The van der Waals surface area contributed by atoms with Gasteiger partial charge in [-0.2, -0.15) is 0 Å². The third kappa shape index (κ3) is 4.00. The van der Waals surface area contributed by atoms with Gasteiger partial charge in [0.25, 0.3) is 5.91 Å². The molecule has 1 aliphatic rings. The van der Waals surface area contributed by atoms with Crippen LogP contribution in [0.2, 0.25) is 10.0 Å². The van der Waals surface area contributed by atoms with Gasteiger partial charge in [0.2, 0.25) is 0 Å². The van der Waals surface area contributed by atoms with Crippen LogP contribution in [0.15, 0.2) is 18.2 Å². The van der Waals surface area contributed by atoms with Crippen molar-refractivity contribution >= 4 is 29.1 Å². The molecule has 2 N–H and O–H groups in total. The van der Waals surface area contributed by atoms with Gasteiger partial charge < -0.3 is 15.4 Å². The maximum absolute atomic E-state index is 11.9. The number of carbonyl (C=O) groups excluding carboxylic acids is 1. The van der Waals surface area contributed by atoms with Gasteiger partial charge in [-0.15, -0.1) is 0 Å². The van der Waals surface area contributed by atoms with Gasteiger partial charge in [-0.05, 0) is 37.1 Å². The summed E-state index contributed by atoms with van der Waals surface area (Å²) in [5, 5.41) is 0.971. The Morgan fingerprint density at radius 3 is 2.63 bits per heavy atom. The Kier molecular flexibility index (Phi) is 4.91. The van der Waals surface area contributed by atoms with E-state index in [-0.39, 0.29) is 12.5 Å². The van der Waals surface area contributed by atoms with Crippen molar-refractivity contribution in [3.05, 3.63) is 28.2 Å². The third-order valence-electron chi connectivity index (χ3n) is 3.17. The lowest BCUT2D eigenvalue weighted by molar-refractivity contribution is -0.132. The second-order valence-corrected chi connectivity index (χ2v) is 5.50. The van der Waals surface area contributed by atoms with Gasteiger partial charge in [-0.1, -0.05) is 23.2 Å². The second-order valence-electron chi connectivity index (χ2n) is 4.62. The number of amides is 1. The smallest absolute Gasteiger partial charge is 0.260 e. The number of ether oxygens (including phenoxy) is 1. The summed E-state index contributed by atoms with van der Waals surface area (Å²) in [4.78, 5) is 13.7. The van der Waals surface area contributed by atoms with Crippen molar-refractivity contribution < 1.29 is 9.53 Å². The summed E-state index contributed by atoms with van der Waals surface area (Å²) in [6, 6.07) is 4.88. The number of halogens is 2. The predicted octanol–water partition coefficient (Wildman–Crippen LogP) is 2.18. The highest BCUT2D eigenvalue weighted by atomic mass is 35.5. The largest absolute Gasteiger partial charge is 0.484 e. The minimum Gasteiger partial charge on any atom is -0.484 e. The van der Waals surface area contributed by atoms with E-state index in [0.717, 1.165) is 19.5 Å². The van der Waals surface area contributed by atoms with Gasteiger partial charge in [0.15, 0.2) is 6.61 Å². The first-order chi connectivity index (χ1) is 9.08. The highest BCUT2D eigenvalue weighted by Crippen LogP contribution is 2.24. The van der Waals surface area contributed by atoms with Crippen LogP contribution in [0.4, 0.5) is 0 Å². The quantitative estimate of drug-likeness (QED) is 0.927. The van der Waals surface area contributed by atoms with Gasteiger partial charge in [0, 0.05) is 23.1 Å². The Morgan fingerprint density at radius 1 is 1.37 bits per heavy atom. The lowest BCUT2D eigenvalue weighted by Crippen LogP contribution is -2.33. The van der Waals surface area contributed by atoms with E-state index in [4.69, 9.17) is 33.7 Å². The van der Waals surface area contributed by atoms with Crippen molar-refractivity contribution in [2.24, 2.45) is 11.7 Å². The molecule has 1 heterocycles. The maximum Gasteiger partial charge on any atom is 0.260 e. The maximum atomic E-state index is 11.9. The van der Waals surface area contributed by atoms with Crippen LogP contribution in [0.5, 0.6) is 5.75 Å². The van der Waals surface area contributed by atoms with Crippen LogP contribution in [-0.4, -0.2) is 37.0 Å². The van der Waals surface area contributed by atoms with E-state index < -0.39 is 0 Å². The number of nitrogens with zero attached hydrogens (tertiary/aromatic N) is 1. The number of hydrogen-bond donors (Lipinski definition) is 1. The molecule has 0 radical (unpaired) electrons. The number of likely N-dealkylation sites (tertiary alicyclic amines) is 1. The lowest BCUT2D eigenvalue weighted by Gasteiger charge is -2.16. The van der Waals surface area contributed by atoms with Gasteiger partial charge in [-0.25, -0.2) is 0 Å². The molecule has 0 unspecified atom stereocenters. The van der Waals surface area contributed by atoms with E-state index in [2.05, 4.69) is 0 Å². The number of carbonyl (C=O) groups is 1. The molecule has 2 rings (SSSR count). The fourth-order valence-corrected chi connectivity index (χ4v) is 2.61. The van der Waals surface area contributed by atoms with E-state index in [9.17, 15) is 4.79 Å². The number of nitrogens with two attached hydrogens (primary N) is 1. The van der Waals surface area contributed by atoms with Gasteiger partial charge in [0.1, 0.15) is 5.75 Å². The molecule has 0 aromatic heterocycles. The fraction of sp³-hybridized carbons (Fsp3) is 0.462. The van der Waals surface area contributed by atoms with Crippen LogP contribution in [0, 0.1) is 5.92 Å². The lowest BCUT2D eigenvalue weighted by atomic mass is 10.1. The third-order valence-corrected chi connectivity index (χ3v) is 3.61. The van der Waals surface area contributed by atoms with Gasteiger partial charge in [-0.3, -0.25) is 4.79 Å². The molecular formula is C13H16Cl2N2O2. The van der Waals surface area contributed by atoms with Crippen molar-refractivity contribution in [1.29, 1.82) is 0 Å². The van der Waals surface area contributed by atoms with Crippen molar-refractivity contribution in [3.8, 4) is 5.75 Å². The summed E-state index contributed by atoms with van der Waals surface area (Å²) < 4.78 is 5.42. The Hall–Kier alpha value is -0.970. The summed E-state index contributed by atoms with van der Waals surface area (Å²) in [5.41, 5.74) is 5.60. The Balaban J connectivity index is 1.86. The van der Waals surface area contributed by atoms with E-state index in [1.165, 1.54) is 0 Å². The van der Waals surface area contributed by atoms with E-state index in [0.29, 0.717) is 28.3 Å². The number of rotatable bonds is 4. The zero-order valence-electron chi connectivity index (χ0n) is 10.4. The fourth-order valence-electron chi connectivity index (χ4n) is 2.10. The molecule has 1 fully saturated rings. The van der Waals surface area contributed by atoms with Crippen molar-refractivity contribution in [2.75, 3.05) is 26.2 Å². The molecule has 0 bridgehead atoms. The van der Waals surface area contributed by atoms with Crippen LogP contribution in [-0.2, 0) is 4.79 Å². The average molecular weight is 303 g/mol. The zero-order valence-corrected chi connectivity index (χ0v) is 12.0. The first-order valence-corrected chi connectivity index (χ1v) is 6.91.